The third-order valence-electron chi connectivity index (χ3n) is 9.99. The fraction of sp³-hybridized carbons (Fsp3) is 0.472. The number of benzene rings is 1. The molecule has 16 nitrogen and oxygen atoms in total. The average Bonchev–Trinajstić information content (AvgIpc) is 3.88. The van der Waals surface area contributed by atoms with E-state index in [4.69, 9.17) is 0 Å². The molecule has 2 saturated heterocycles. The highest BCUT2D eigenvalue weighted by Gasteiger charge is 2.38. The van der Waals surface area contributed by atoms with Crippen LogP contribution in [0.5, 0.6) is 0 Å². The SMILES string of the molecule is CC(C)Nc1cc(Nc2ccnc(-c3cnn(S(=O)(=O)C4CC4)c3)n2)ncc1C(=O)Nc1cc(N2CCC(N3CCN(C)CC3)CC2)cc(S(C)(=O)=O)c1. The van der Waals surface area contributed by atoms with Gasteiger partial charge in [0, 0.05) is 87.4 Å². The van der Waals surface area contributed by atoms with E-state index < -0.39 is 31.0 Å². The molecule has 0 atom stereocenters. The van der Waals surface area contributed by atoms with Crippen LogP contribution in [0.3, 0.4) is 0 Å². The van der Waals surface area contributed by atoms with Crippen LogP contribution in [0, 0.1) is 0 Å². The van der Waals surface area contributed by atoms with E-state index in [9.17, 15) is 21.6 Å². The smallest absolute Gasteiger partial charge is 0.259 e. The number of pyridine rings is 1. The number of carbonyl (C=O) groups is 1. The van der Waals surface area contributed by atoms with Crippen LogP contribution in [0.4, 0.5) is 28.7 Å². The molecular weight excluding hydrogens is 731 g/mol. The highest BCUT2D eigenvalue weighted by molar-refractivity contribution is 7.91. The van der Waals surface area contributed by atoms with Crippen LogP contribution in [0.2, 0.25) is 0 Å². The fourth-order valence-corrected chi connectivity index (χ4v) is 8.99. The molecule has 0 radical (unpaired) electrons. The number of piperazine rings is 1. The lowest BCUT2D eigenvalue weighted by atomic mass is 10.0. The molecule has 3 fully saturated rings. The van der Waals surface area contributed by atoms with Gasteiger partial charge in [-0.25, -0.2) is 31.8 Å². The normalized spacial score (nSPS) is 17.8. The summed E-state index contributed by atoms with van der Waals surface area (Å²) in [5.74, 6) is 0.623. The number of aromatic nitrogens is 5. The lowest BCUT2D eigenvalue weighted by Gasteiger charge is -2.42. The Kier molecular flexibility index (Phi) is 10.6. The number of carbonyl (C=O) groups excluding carboxylic acids is 1. The molecule has 1 aliphatic carbocycles. The Morgan fingerprint density at radius 3 is 2.31 bits per heavy atom. The van der Waals surface area contributed by atoms with Crippen molar-refractivity contribution in [2.24, 2.45) is 0 Å². The zero-order valence-corrected chi connectivity index (χ0v) is 32.6. The highest BCUT2D eigenvalue weighted by Crippen LogP contribution is 2.32. The van der Waals surface area contributed by atoms with Crippen molar-refractivity contribution >= 4 is 54.5 Å². The standard InChI is InChI=1S/C36H47N11O5S2/c1-24(2)40-32-20-34(42-33-7-10-37-35(43-33)25-21-39-47(23-25)54(51,52)29-5-6-29)38-22-31(32)36(48)41-26-17-28(19-30(18-26)53(4,49)50)45-11-8-27(9-12-45)46-15-13-44(3)14-16-46/h7,10,17-24,27,29H,5-6,8-9,11-16H2,1-4H3,(H,41,48)(H2,37,38,40,42,43). The Labute approximate surface area is 316 Å². The molecule has 4 aromatic rings. The van der Waals surface area contributed by atoms with Gasteiger partial charge in [0.1, 0.15) is 11.6 Å². The monoisotopic (exact) mass is 777 g/mol. The van der Waals surface area contributed by atoms with Crippen LogP contribution in [0.25, 0.3) is 11.4 Å². The van der Waals surface area contributed by atoms with Gasteiger partial charge in [0.25, 0.3) is 15.9 Å². The Balaban J connectivity index is 1.08. The molecule has 0 unspecified atom stereocenters. The van der Waals surface area contributed by atoms with E-state index in [2.05, 4.69) is 57.7 Å². The Bertz CT molecular complexity index is 2230. The summed E-state index contributed by atoms with van der Waals surface area (Å²) in [5.41, 5.74) is 2.35. The van der Waals surface area contributed by atoms with Crippen molar-refractivity contribution < 1.29 is 21.6 Å². The minimum Gasteiger partial charge on any atom is -0.382 e. The number of nitrogens with one attached hydrogen (secondary N) is 3. The van der Waals surface area contributed by atoms with Crippen LogP contribution in [-0.2, 0) is 19.9 Å². The molecule has 0 spiro atoms. The van der Waals surface area contributed by atoms with Crippen molar-refractivity contribution in [2.75, 3.05) is 73.4 Å². The molecule has 1 aromatic carbocycles. The molecule has 5 heterocycles. The minimum absolute atomic E-state index is 0.0326. The first kappa shape index (κ1) is 37.7. The summed E-state index contributed by atoms with van der Waals surface area (Å²) in [6.07, 6.45) is 10.2. The maximum Gasteiger partial charge on any atom is 0.259 e. The molecule has 2 aliphatic heterocycles. The number of hydrogen-bond donors (Lipinski definition) is 3. The van der Waals surface area contributed by atoms with Crippen LogP contribution in [-0.4, -0.2) is 127 Å². The molecule has 54 heavy (non-hydrogen) atoms. The van der Waals surface area contributed by atoms with E-state index in [0.29, 0.717) is 47.5 Å². The molecule has 3 aliphatic rings. The molecule has 288 valence electrons. The van der Waals surface area contributed by atoms with Gasteiger partial charge in [-0.1, -0.05) is 0 Å². The van der Waals surface area contributed by atoms with E-state index in [1.807, 2.05) is 19.9 Å². The highest BCUT2D eigenvalue weighted by atomic mass is 32.2. The van der Waals surface area contributed by atoms with E-state index in [1.165, 1.54) is 30.9 Å². The molecule has 1 saturated carbocycles. The second-order valence-electron chi connectivity index (χ2n) is 14.6. The van der Waals surface area contributed by atoms with Gasteiger partial charge in [-0.2, -0.15) is 9.19 Å². The van der Waals surface area contributed by atoms with Gasteiger partial charge >= 0.3 is 0 Å². The second-order valence-corrected chi connectivity index (χ2v) is 18.7. The topological polar surface area (TPSA) is 188 Å². The number of sulfone groups is 1. The van der Waals surface area contributed by atoms with E-state index >= 15 is 0 Å². The van der Waals surface area contributed by atoms with E-state index in [0.717, 1.165) is 61.9 Å². The predicted molar refractivity (Wildman–Crippen MR) is 209 cm³/mol. The van der Waals surface area contributed by atoms with Crippen molar-refractivity contribution in [3.8, 4) is 11.4 Å². The summed E-state index contributed by atoms with van der Waals surface area (Å²) in [7, 11) is -4.95. The van der Waals surface area contributed by atoms with E-state index in [1.54, 1.807) is 24.4 Å². The third kappa shape index (κ3) is 8.66. The second kappa shape index (κ2) is 15.2. The number of anilines is 5. The van der Waals surface area contributed by atoms with Crippen molar-refractivity contribution in [3.63, 3.8) is 0 Å². The Morgan fingerprint density at radius 1 is 0.889 bits per heavy atom. The first-order chi connectivity index (χ1) is 25.7. The molecular formula is C36H47N11O5S2. The minimum atomic E-state index is -3.57. The van der Waals surface area contributed by atoms with Crippen LogP contribution < -0.4 is 20.9 Å². The van der Waals surface area contributed by atoms with Crippen molar-refractivity contribution in [1.82, 2.24) is 33.9 Å². The number of rotatable bonds is 12. The lowest BCUT2D eigenvalue weighted by molar-refractivity contribution is 0.0982. The zero-order valence-electron chi connectivity index (χ0n) is 30.9. The van der Waals surface area contributed by atoms with Gasteiger partial charge in [-0.05, 0) is 70.8 Å². The summed E-state index contributed by atoms with van der Waals surface area (Å²) in [6.45, 7) is 9.73. The summed E-state index contributed by atoms with van der Waals surface area (Å²) in [4.78, 5) is 34.4. The summed E-state index contributed by atoms with van der Waals surface area (Å²) < 4.78 is 51.8. The summed E-state index contributed by atoms with van der Waals surface area (Å²) in [6, 6.07) is 8.82. The maximum atomic E-state index is 13.8. The molecule has 1 amide bonds. The fourth-order valence-electron chi connectivity index (χ4n) is 6.84. The van der Waals surface area contributed by atoms with Gasteiger partial charge in [0.15, 0.2) is 15.7 Å². The van der Waals surface area contributed by atoms with Gasteiger partial charge in [0.05, 0.1) is 39.4 Å². The molecule has 3 aromatic heterocycles. The number of amides is 1. The third-order valence-corrected chi connectivity index (χ3v) is 13.1. The quantitative estimate of drug-likeness (QED) is 0.190. The number of likely N-dealkylation sites (N-methyl/N-ethyl adjacent to an activating group) is 1. The van der Waals surface area contributed by atoms with Gasteiger partial charge in [-0.15, -0.1) is 0 Å². The Morgan fingerprint density at radius 2 is 1.63 bits per heavy atom. The Hall–Kier alpha value is -4.65. The molecule has 0 bridgehead atoms. The van der Waals surface area contributed by atoms with Crippen molar-refractivity contribution in [2.45, 2.75) is 61.8 Å². The maximum absolute atomic E-state index is 13.8. The number of nitrogens with zero attached hydrogens (tertiary/aromatic N) is 8. The number of hydrogen-bond acceptors (Lipinski definition) is 14. The van der Waals surface area contributed by atoms with Crippen molar-refractivity contribution in [1.29, 1.82) is 0 Å². The van der Waals surface area contributed by atoms with Gasteiger partial charge in [-0.3, -0.25) is 9.69 Å². The molecule has 3 N–H and O–H groups in total. The van der Waals surface area contributed by atoms with Gasteiger partial charge < -0.3 is 25.8 Å². The van der Waals surface area contributed by atoms with Crippen molar-refractivity contribution in [3.05, 3.63) is 60.7 Å². The van der Waals surface area contributed by atoms with Crippen LogP contribution in [0.15, 0.2) is 60.0 Å². The van der Waals surface area contributed by atoms with E-state index in [-0.39, 0.29) is 22.3 Å². The largest absolute Gasteiger partial charge is 0.382 e. The summed E-state index contributed by atoms with van der Waals surface area (Å²) >= 11 is 0. The average molecular weight is 778 g/mol. The lowest BCUT2D eigenvalue weighted by Crippen LogP contribution is -2.52. The van der Waals surface area contributed by atoms with Gasteiger partial charge in [0.2, 0.25) is 0 Å². The number of piperidine rings is 1. The first-order valence-electron chi connectivity index (χ1n) is 18.2. The van der Waals surface area contributed by atoms with Crippen LogP contribution >= 0.6 is 0 Å². The van der Waals surface area contributed by atoms with Crippen LogP contribution in [0.1, 0.15) is 49.9 Å². The summed E-state index contributed by atoms with van der Waals surface area (Å²) in [5, 5.41) is 13.0. The zero-order chi connectivity index (χ0) is 38.2. The first-order valence-corrected chi connectivity index (χ1v) is 21.6. The molecule has 18 heteroatoms. The molecule has 7 rings (SSSR count). The predicted octanol–water partition coefficient (Wildman–Crippen LogP) is 3.51.